The molecule has 16 heteroatoms. The average Bonchev–Trinajstić information content (AvgIpc) is 3.66. The Morgan fingerprint density at radius 3 is 2.00 bits per heavy atom. The molecule has 278 valence electrons. The van der Waals surface area contributed by atoms with Crippen LogP contribution in [0.25, 0.3) is 49.8 Å². The number of aromatic nitrogens is 2. The number of hydrogen-bond donors (Lipinski definition) is 1. The highest BCUT2D eigenvalue weighted by Crippen LogP contribution is 2.28. The molecule has 52 heavy (non-hydrogen) atoms. The maximum absolute atomic E-state index is 13.9. The van der Waals surface area contributed by atoms with Gasteiger partial charge in [-0.05, 0) is 60.7 Å². The van der Waals surface area contributed by atoms with E-state index in [-0.39, 0.29) is 26.4 Å². The van der Waals surface area contributed by atoms with E-state index in [1.165, 1.54) is 42.7 Å². The van der Waals surface area contributed by atoms with E-state index in [4.69, 9.17) is 23.1 Å². The van der Waals surface area contributed by atoms with Crippen LogP contribution in [0.5, 0.6) is 0 Å². The zero-order chi connectivity index (χ0) is 37.5. The van der Waals surface area contributed by atoms with Crippen LogP contribution in [0.15, 0.2) is 73.2 Å². The molecule has 0 unspecified atom stereocenters. The molecule has 0 spiro atoms. The number of hydrogen-bond acceptors (Lipinski definition) is 8. The molecule has 0 aliphatic rings. The first-order chi connectivity index (χ1) is 24.0. The molecule has 0 bridgehead atoms. The molecule has 0 aliphatic carbocycles. The molecule has 0 radical (unpaired) electrons. The number of nitrogens with zero attached hydrogens (tertiary/aromatic N) is 1. The number of fused-ring (bicyclic) bond motifs is 6. The van der Waals surface area contributed by atoms with Gasteiger partial charge >= 0.3 is 17.4 Å². The van der Waals surface area contributed by atoms with Gasteiger partial charge in [-0.15, -0.1) is 0 Å². The van der Waals surface area contributed by atoms with Crippen LogP contribution in [-0.2, 0) is 32.2 Å². The van der Waals surface area contributed by atoms with Crippen molar-refractivity contribution in [3.8, 4) is 0 Å². The zero-order valence-electron chi connectivity index (χ0n) is 27.9. The van der Waals surface area contributed by atoms with Gasteiger partial charge in [0.2, 0.25) is 6.29 Å². The molecule has 0 amide bonds. The summed E-state index contributed by atoms with van der Waals surface area (Å²) < 4.78 is 81.5. The highest BCUT2D eigenvalue weighted by atomic mass is 28.3. The molecule has 0 saturated heterocycles. The number of alkyl halides is 3. The molecule has 0 saturated carbocycles. The number of aldehydes is 2. The maximum Gasteiger partial charge on any atom is 0.446 e. The second-order valence-electron chi connectivity index (χ2n) is 12.3. The first-order valence-corrected chi connectivity index (χ1v) is 19.0. The molecular formula is C36H37F5N2O8Si. The van der Waals surface area contributed by atoms with Gasteiger partial charge in [-0.25, -0.2) is 18.4 Å². The van der Waals surface area contributed by atoms with Gasteiger partial charge in [0.1, 0.15) is 35.8 Å². The topological polar surface area (TPSA) is 134 Å². The van der Waals surface area contributed by atoms with Crippen molar-refractivity contribution in [3.63, 3.8) is 0 Å². The average molecular weight is 749 g/mol. The maximum atomic E-state index is 13.9. The molecule has 0 fully saturated rings. The molecule has 6 aromatic rings. The van der Waals surface area contributed by atoms with E-state index >= 15 is 0 Å². The SMILES string of the molecule is C.CO/C=C/c1cc2c(=O)oc3ccc(F)cc3c2n1COCC[Si](C)(C)C.O=CC(F)(F)F.O=CCc1cc2c(=O)oc3ccc(F)cc3c2[nH]1. The summed E-state index contributed by atoms with van der Waals surface area (Å²) in [7, 11) is 0.338. The second-order valence-corrected chi connectivity index (χ2v) is 17.9. The summed E-state index contributed by atoms with van der Waals surface area (Å²) in [4.78, 5) is 46.3. The number of aromatic amines is 1. The third kappa shape index (κ3) is 10.4. The van der Waals surface area contributed by atoms with Gasteiger partial charge in [0.15, 0.2) is 0 Å². The van der Waals surface area contributed by atoms with Gasteiger partial charge in [-0.1, -0.05) is 27.1 Å². The number of ether oxygens (including phenoxy) is 2. The van der Waals surface area contributed by atoms with Crippen molar-refractivity contribution in [2.45, 2.75) is 52.4 Å². The molecule has 0 aliphatic heterocycles. The van der Waals surface area contributed by atoms with Crippen LogP contribution >= 0.6 is 0 Å². The van der Waals surface area contributed by atoms with E-state index in [2.05, 4.69) is 24.6 Å². The Hall–Kier alpha value is -5.35. The fraction of sp³-hybridized carbons (Fsp3) is 0.278. The van der Waals surface area contributed by atoms with Crippen molar-refractivity contribution in [1.82, 2.24) is 9.55 Å². The van der Waals surface area contributed by atoms with Crippen LogP contribution < -0.4 is 11.3 Å². The van der Waals surface area contributed by atoms with Crippen LogP contribution in [-0.4, -0.2) is 50.1 Å². The third-order valence-electron chi connectivity index (χ3n) is 7.28. The minimum Gasteiger partial charge on any atom is -0.504 e. The Morgan fingerprint density at radius 1 is 0.865 bits per heavy atom. The van der Waals surface area contributed by atoms with Crippen molar-refractivity contribution in [3.05, 3.63) is 98.7 Å². The highest BCUT2D eigenvalue weighted by molar-refractivity contribution is 6.76. The largest absolute Gasteiger partial charge is 0.504 e. The van der Waals surface area contributed by atoms with Gasteiger partial charge in [-0.3, -0.25) is 4.79 Å². The van der Waals surface area contributed by atoms with Gasteiger partial charge in [0, 0.05) is 43.3 Å². The van der Waals surface area contributed by atoms with Crippen LogP contribution in [0.4, 0.5) is 22.0 Å². The minimum atomic E-state index is -4.64. The number of benzene rings is 2. The molecule has 0 atom stereocenters. The number of carbonyl (C=O) groups is 2. The predicted octanol–water partition coefficient (Wildman–Crippen LogP) is 8.35. The Bertz CT molecular complexity index is 2330. The van der Waals surface area contributed by atoms with Crippen LogP contribution in [0.1, 0.15) is 18.8 Å². The number of nitrogens with one attached hydrogen (secondary N) is 1. The summed E-state index contributed by atoms with van der Waals surface area (Å²) in [5, 5.41) is 1.74. The van der Waals surface area contributed by atoms with Crippen molar-refractivity contribution in [2.24, 2.45) is 0 Å². The zero-order valence-corrected chi connectivity index (χ0v) is 28.9. The number of H-pyrrole nitrogens is 1. The summed E-state index contributed by atoms with van der Waals surface area (Å²) in [6.45, 7) is 7.75. The summed E-state index contributed by atoms with van der Waals surface area (Å²) in [6.07, 6.45) is -1.53. The van der Waals surface area contributed by atoms with E-state index < -0.39 is 37.6 Å². The molecular weight excluding hydrogens is 711 g/mol. The fourth-order valence-corrected chi connectivity index (χ4v) is 5.68. The fourth-order valence-electron chi connectivity index (χ4n) is 4.92. The van der Waals surface area contributed by atoms with Crippen LogP contribution in [0, 0.1) is 11.6 Å². The van der Waals surface area contributed by atoms with Crippen molar-refractivity contribution in [2.75, 3.05) is 13.7 Å². The smallest absolute Gasteiger partial charge is 0.446 e. The van der Waals surface area contributed by atoms with Crippen molar-refractivity contribution >= 4 is 70.5 Å². The standard InChI is InChI=1S/C20H24FNO4Si.C13H8FNO3.C2HF3O.CH4/c1-24-8-7-15-12-17-19(22(15)13-25-9-10-27(2,3)4)16-11-14(21)5-6-18(16)26-20(17)23;14-7-1-2-11-9(5-7)12-10(13(17)18-11)6-8(15-12)3-4-16;3-2(4,5)1-6;/h5-8,11-12H,9-10,13H2,1-4H3;1-2,4-6,15H,3H2;1H;1H4/b8-7+;;;. The lowest BCUT2D eigenvalue weighted by Gasteiger charge is -2.16. The lowest BCUT2D eigenvalue weighted by molar-refractivity contribution is -0.156. The molecule has 4 aromatic heterocycles. The Balaban J connectivity index is 0.000000251. The Kier molecular flexibility index (Phi) is 13.6. The monoisotopic (exact) mass is 748 g/mol. The molecule has 6 rings (SSSR count). The first-order valence-electron chi connectivity index (χ1n) is 15.3. The summed E-state index contributed by atoms with van der Waals surface area (Å²) >= 11 is 0. The van der Waals surface area contributed by atoms with E-state index in [1.807, 2.05) is 4.57 Å². The van der Waals surface area contributed by atoms with E-state index in [0.29, 0.717) is 56.0 Å². The minimum absolute atomic E-state index is 0. The van der Waals surface area contributed by atoms with E-state index in [1.54, 1.807) is 25.3 Å². The lowest BCUT2D eigenvalue weighted by atomic mass is 10.2. The summed E-state index contributed by atoms with van der Waals surface area (Å²) in [5.74, 6) is -0.803. The summed E-state index contributed by atoms with van der Waals surface area (Å²) in [6, 6.07) is 12.4. The van der Waals surface area contributed by atoms with E-state index in [9.17, 15) is 36.3 Å². The number of methoxy groups -OCH3 is 1. The van der Waals surface area contributed by atoms with Gasteiger partial charge in [0.25, 0.3) is 0 Å². The Labute approximate surface area is 294 Å². The lowest BCUT2D eigenvalue weighted by Crippen LogP contribution is -2.22. The Morgan fingerprint density at radius 2 is 1.44 bits per heavy atom. The summed E-state index contributed by atoms with van der Waals surface area (Å²) in [5.41, 5.74) is 2.12. The van der Waals surface area contributed by atoms with Gasteiger partial charge in [0.05, 0.1) is 35.2 Å². The quantitative estimate of drug-likeness (QED) is 0.0390. The van der Waals surface area contributed by atoms with Gasteiger partial charge in [-0.2, -0.15) is 13.2 Å². The van der Waals surface area contributed by atoms with Crippen molar-refractivity contribution < 1.29 is 49.8 Å². The first kappa shape index (κ1) is 41.1. The number of halogens is 5. The number of rotatable bonds is 9. The van der Waals surface area contributed by atoms with Gasteiger partial charge < -0.3 is 32.7 Å². The highest BCUT2D eigenvalue weighted by Gasteiger charge is 2.25. The predicted molar refractivity (Wildman–Crippen MR) is 191 cm³/mol. The normalized spacial score (nSPS) is 11.6. The molecule has 1 N–H and O–H groups in total. The third-order valence-corrected chi connectivity index (χ3v) is 8.99. The van der Waals surface area contributed by atoms with E-state index in [0.717, 1.165) is 18.0 Å². The second kappa shape index (κ2) is 17.2. The molecule has 2 aromatic carbocycles. The van der Waals surface area contributed by atoms with Crippen LogP contribution in [0.3, 0.4) is 0 Å². The number of carbonyl (C=O) groups excluding carboxylic acids is 2. The van der Waals surface area contributed by atoms with Crippen LogP contribution in [0.2, 0.25) is 25.7 Å². The van der Waals surface area contributed by atoms with Crippen molar-refractivity contribution in [1.29, 1.82) is 0 Å². The molecule has 4 heterocycles. The molecule has 10 nitrogen and oxygen atoms in total.